The predicted octanol–water partition coefficient (Wildman–Crippen LogP) is 3.53. The van der Waals surface area contributed by atoms with Gasteiger partial charge in [-0.2, -0.15) is 0 Å². The summed E-state index contributed by atoms with van der Waals surface area (Å²) in [7, 11) is 0. The Kier molecular flexibility index (Phi) is 3.21. The highest BCUT2D eigenvalue weighted by Gasteiger charge is 2.11. The van der Waals surface area contributed by atoms with Crippen LogP contribution in [0.1, 0.15) is 23.3 Å². The van der Waals surface area contributed by atoms with E-state index in [-0.39, 0.29) is 11.7 Å². The van der Waals surface area contributed by atoms with Crippen molar-refractivity contribution in [3.63, 3.8) is 0 Å². The fourth-order valence-electron chi connectivity index (χ4n) is 2.10. The monoisotopic (exact) mass is 276 g/mol. The van der Waals surface area contributed by atoms with E-state index < -0.39 is 0 Å². The molecule has 0 spiro atoms. The summed E-state index contributed by atoms with van der Waals surface area (Å²) in [6.07, 6.45) is 4.61. The first-order valence-electron chi connectivity index (χ1n) is 6.12. The maximum absolute atomic E-state index is 13.1. The molecule has 3 nitrogen and oxygen atoms in total. The zero-order valence-corrected chi connectivity index (χ0v) is 11.0. The molecule has 0 saturated heterocycles. The van der Waals surface area contributed by atoms with Crippen molar-refractivity contribution in [1.82, 2.24) is 10.3 Å². The van der Waals surface area contributed by atoms with Gasteiger partial charge in [0.1, 0.15) is 11.5 Å². The number of aromatic nitrogens is 1. The maximum Gasteiger partial charge on any atom is 0.268 e. The summed E-state index contributed by atoms with van der Waals surface area (Å²) >= 11 is 1.59. The van der Waals surface area contributed by atoms with E-state index in [4.69, 9.17) is 0 Å². The zero-order valence-electron chi connectivity index (χ0n) is 10.2. The summed E-state index contributed by atoms with van der Waals surface area (Å²) in [4.78, 5) is 15.0. The Morgan fingerprint density at radius 2 is 2.42 bits per heavy atom. The van der Waals surface area contributed by atoms with Crippen LogP contribution in [0, 0.1) is 0 Å². The number of halogens is 1. The van der Waals surface area contributed by atoms with Gasteiger partial charge >= 0.3 is 0 Å². The number of hydrogen-bond donors (Lipinski definition) is 2. The molecule has 1 amide bonds. The van der Waals surface area contributed by atoms with E-state index in [1.807, 2.05) is 23.6 Å². The fraction of sp³-hybridized carbons (Fsp3) is 0.214. The molecule has 0 saturated carbocycles. The number of thiophene rings is 1. The van der Waals surface area contributed by atoms with Crippen LogP contribution in [0.25, 0.3) is 10.2 Å². The number of H-pyrrole nitrogens is 1. The Morgan fingerprint density at radius 3 is 3.21 bits per heavy atom. The molecule has 2 aromatic heterocycles. The smallest absolute Gasteiger partial charge is 0.268 e. The molecule has 0 unspecified atom stereocenters. The van der Waals surface area contributed by atoms with Crippen LogP contribution >= 0.6 is 11.3 Å². The lowest BCUT2D eigenvalue weighted by molar-refractivity contribution is 0.0953. The van der Waals surface area contributed by atoms with Gasteiger partial charge in [-0.15, -0.1) is 11.3 Å². The van der Waals surface area contributed by atoms with Gasteiger partial charge in [-0.25, -0.2) is 4.39 Å². The Labute approximate surface area is 113 Å². The third-order valence-electron chi connectivity index (χ3n) is 3.07. The Morgan fingerprint density at radius 1 is 1.53 bits per heavy atom. The third-order valence-corrected chi connectivity index (χ3v) is 3.93. The second-order valence-electron chi connectivity index (χ2n) is 4.47. The summed E-state index contributed by atoms with van der Waals surface area (Å²) in [6.45, 7) is 0.360. The molecule has 0 atom stereocenters. The van der Waals surface area contributed by atoms with Crippen LogP contribution in [-0.2, 0) is 0 Å². The van der Waals surface area contributed by atoms with Crippen LogP contribution in [0.5, 0.6) is 0 Å². The van der Waals surface area contributed by atoms with Crippen molar-refractivity contribution in [2.24, 2.45) is 0 Å². The van der Waals surface area contributed by atoms with E-state index in [2.05, 4.69) is 10.3 Å². The van der Waals surface area contributed by atoms with E-state index in [1.165, 1.54) is 6.08 Å². The molecule has 0 radical (unpaired) electrons. The number of hydrogen-bond acceptors (Lipinski definition) is 2. The quantitative estimate of drug-likeness (QED) is 0.885. The molecule has 98 valence electrons. The Balaban J connectivity index is 1.65. The second kappa shape index (κ2) is 5.01. The molecule has 2 N–H and O–H groups in total. The maximum atomic E-state index is 13.1. The highest BCUT2D eigenvalue weighted by Crippen LogP contribution is 2.21. The number of amides is 1. The highest BCUT2D eigenvalue weighted by molar-refractivity contribution is 7.17. The van der Waals surface area contributed by atoms with Gasteiger partial charge in [0.05, 0.1) is 10.2 Å². The lowest BCUT2D eigenvalue weighted by Gasteiger charge is -2.09. The minimum atomic E-state index is -0.163. The van der Waals surface area contributed by atoms with Crippen LogP contribution < -0.4 is 5.32 Å². The van der Waals surface area contributed by atoms with Crippen LogP contribution in [0.4, 0.5) is 4.39 Å². The summed E-state index contributed by atoms with van der Waals surface area (Å²) in [5.74, 6) is -0.282. The standard InChI is InChI=1S/C14H13FN2OS/c15-10-3-1-2-9(6-10)8-16-14(18)12-7-13-11(17-12)4-5-19-13/h2,4-7,17H,1,3,8H2,(H,16,18). The molecule has 3 rings (SSSR count). The molecular weight excluding hydrogens is 263 g/mol. The van der Waals surface area contributed by atoms with Crippen LogP contribution in [0.15, 0.2) is 41.1 Å². The molecule has 19 heavy (non-hydrogen) atoms. The first kappa shape index (κ1) is 12.2. The van der Waals surface area contributed by atoms with Gasteiger partial charge in [0.2, 0.25) is 0 Å². The number of nitrogens with one attached hydrogen (secondary N) is 2. The minimum absolute atomic E-state index is 0.118. The molecule has 0 fully saturated rings. The molecule has 2 aromatic rings. The summed E-state index contributed by atoms with van der Waals surface area (Å²) in [6, 6.07) is 3.78. The van der Waals surface area contributed by atoms with Crippen molar-refractivity contribution in [1.29, 1.82) is 0 Å². The molecule has 2 heterocycles. The average molecular weight is 276 g/mol. The van der Waals surface area contributed by atoms with E-state index in [1.54, 1.807) is 11.3 Å². The SMILES string of the molecule is O=C(NCC1=CCCC(F)=C1)c1cc2sccc2[nH]1. The lowest BCUT2D eigenvalue weighted by atomic mass is 10.1. The van der Waals surface area contributed by atoms with E-state index >= 15 is 0 Å². The van der Waals surface area contributed by atoms with Crippen molar-refractivity contribution in [3.05, 3.63) is 46.8 Å². The highest BCUT2D eigenvalue weighted by atomic mass is 32.1. The van der Waals surface area contributed by atoms with E-state index in [0.717, 1.165) is 15.8 Å². The zero-order chi connectivity index (χ0) is 13.2. The molecular formula is C14H13FN2OS. The largest absolute Gasteiger partial charge is 0.350 e. The minimum Gasteiger partial charge on any atom is -0.350 e. The summed E-state index contributed by atoms with van der Waals surface area (Å²) < 4.78 is 14.1. The first-order valence-corrected chi connectivity index (χ1v) is 7.00. The molecule has 0 aliphatic heterocycles. The molecule has 5 heteroatoms. The summed E-state index contributed by atoms with van der Waals surface area (Å²) in [5, 5.41) is 4.77. The van der Waals surface area contributed by atoms with Crippen LogP contribution in [-0.4, -0.2) is 17.4 Å². The number of allylic oxidation sites excluding steroid dienone is 2. The van der Waals surface area contributed by atoms with Gasteiger partial charge in [0, 0.05) is 13.0 Å². The normalized spacial score (nSPS) is 15.2. The van der Waals surface area contributed by atoms with Gasteiger partial charge < -0.3 is 10.3 Å². The van der Waals surface area contributed by atoms with Gasteiger partial charge in [-0.1, -0.05) is 6.08 Å². The number of carbonyl (C=O) groups excluding carboxylic acids is 1. The number of fused-ring (bicyclic) bond motifs is 1. The van der Waals surface area contributed by atoms with Crippen molar-refractivity contribution in [2.45, 2.75) is 12.8 Å². The van der Waals surface area contributed by atoms with Crippen molar-refractivity contribution in [2.75, 3.05) is 6.54 Å². The van der Waals surface area contributed by atoms with E-state index in [0.29, 0.717) is 25.1 Å². The van der Waals surface area contributed by atoms with Crippen LogP contribution in [0.3, 0.4) is 0 Å². The van der Waals surface area contributed by atoms with Crippen molar-refractivity contribution in [3.8, 4) is 0 Å². The predicted molar refractivity (Wildman–Crippen MR) is 75.0 cm³/mol. The topological polar surface area (TPSA) is 44.9 Å². The van der Waals surface area contributed by atoms with Crippen molar-refractivity contribution >= 4 is 27.5 Å². The fourth-order valence-corrected chi connectivity index (χ4v) is 2.88. The number of rotatable bonds is 3. The molecule has 1 aliphatic carbocycles. The lowest BCUT2D eigenvalue weighted by Crippen LogP contribution is -2.25. The summed E-state index contributed by atoms with van der Waals surface area (Å²) in [5.41, 5.74) is 2.34. The van der Waals surface area contributed by atoms with Crippen molar-refractivity contribution < 1.29 is 9.18 Å². The second-order valence-corrected chi connectivity index (χ2v) is 5.42. The Bertz CT molecular complexity index is 652. The van der Waals surface area contributed by atoms with Crippen LogP contribution in [0.2, 0.25) is 0 Å². The van der Waals surface area contributed by atoms with Gasteiger partial charge in [-0.05, 0) is 35.6 Å². The van der Waals surface area contributed by atoms with Gasteiger partial charge in [-0.3, -0.25) is 4.79 Å². The molecule has 0 bridgehead atoms. The average Bonchev–Trinajstić information content (AvgIpc) is 2.96. The first-order chi connectivity index (χ1) is 9.22. The number of carbonyl (C=O) groups is 1. The van der Waals surface area contributed by atoms with Gasteiger partial charge in [0.25, 0.3) is 5.91 Å². The molecule has 1 aliphatic rings. The van der Waals surface area contributed by atoms with Gasteiger partial charge in [0.15, 0.2) is 0 Å². The third kappa shape index (κ3) is 2.61. The van der Waals surface area contributed by atoms with E-state index in [9.17, 15) is 9.18 Å². The Hall–Kier alpha value is -1.88. The molecule has 0 aromatic carbocycles. The number of aromatic amines is 1.